The summed E-state index contributed by atoms with van der Waals surface area (Å²) in [4.78, 5) is 9.00. The van der Waals surface area contributed by atoms with Crippen LogP contribution in [0.1, 0.15) is 19.7 Å². The van der Waals surface area contributed by atoms with Crippen molar-refractivity contribution in [1.29, 1.82) is 0 Å². The zero-order chi connectivity index (χ0) is 15.0. The van der Waals surface area contributed by atoms with E-state index in [0.29, 0.717) is 6.54 Å². The van der Waals surface area contributed by atoms with E-state index in [1.54, 1.807) is 6.20 Å². The van der Waals surface area contributed by atoms with Crippen molar-refractivity contribution in [3.8, 4) is 0 Å². The van der Waals surface area contributed by atoms with Gasteiger partial charge in [0.15, 0.2) is 5.82 Å². The molecule has 0 atom stereocenters. The number of piperazine rings is 1. The highest BCUT2D eigenvalue weighted by Gasteiger charge is 2.24. The van der Waals surface area contributed by atoms with Gasteiger partial charge in [0.1, 0.15) is 5.82 Å². The van der Waals surface area contributed by atoms with Gasteiger partial charge in [-0.15, -0.1) is 10.2 Å². The molecule has 0 aliphatic carbocycles. The largest absolute Gasteiger partial charge is 0.389 e. The van der Waals surface area contributed by atoms with Crippen LogP contribution in [0.5, 0.6) is 0 Å². The number of anilines is 1. The molecule has 0 aromatic carbocycles. The molecular formula is C14H22N6O. The standard InChI is InChI=1S/C14H22N6O/c1-11-16-17-13-12(15-4-5-20(11)13)19-8-6-18(7-9-19)10-14(2,3)21/h4-5,21H,6-10H2,1-3H3. The molecule has 2 aromatic rings. The second kappa shape index (κ2) is 5.23. The summed E-state index contributed by atoms with van der Waals surface area (Å²) in [7, 11) is 0. The second-order valence-corrected chi connectivity index (χ2v) is 6.27. The molecule has 1 saturated heterocycles. The van der Waals surface area contributed by atoms with Crippen LogP contribution >= 0.6 is 0 Å². The highest BCUT2D eigenvalue weighted by Crippen LogP contribution is 2.19. The molecule has 1 N–H and O–H groups in total. The molecule has 1 aliphatic heterocycles. The molecule has 0 saturated carbocycles. The van der Waals surface area contributed by atoms with E-state index < -0.39 is 5.60 Å². The van der Waals surface area contributed by atoms with E-state index in [-0.39, 0.29) is 0 Å². The lowest BCUT2D eigenvalue weighted by Crippen LogP contribution is -2.50. The van der Waals surface area contributed by atoms with Crippen molar-refractivity contribution < 1.29 is 5.11 Å². The molecule has 0 spiro atoms. The monoisotopic (exact) mass is 290 g/mol. The molecule has 0 unspecified atom stereocenters. The van der Waals surface area contributed by atoms with Crippen molar-refractivity contribution in [2.75, 3.05) is 37.6 Å². The van der Waals surface area contributed by atoms with Gasteiger partial charge in [-0.25, -0.2) is 4.98 Å². The summed E-state index contributed by atoms with van der Waals surface area (Å²) in [5.74, 6) is 1.76. The van der Waals surface area contributed by atoms with E-state index in [9.17, 15) is 5.11 Å². The zero-order valence-electron chi connectivity index (χ0n) is 12.8. The van der Waals surface area contributed by atoms with Gasteiger partial charge >= 0.3 is 0 Å². The van der Waals surface area contributed by atoms with Gasteiger partial charge in [-0.1, -0.05) is 0 Å². The van der Waals surface area contributed by atoms with Gasteiger partial charge in [0, 0.05) is 45.1 Å². The minimum atomic E-state index is -0.648. The Kier molecular flexibility index (Phi) is 3.54. The maximum absolute atomic E-state index is 9.91. The first-order valence-electron chi connectivity index (χ1n) is 7.30. The summed E-state index contributed by atoms with van der Waals surface area (Å²) < 4.78 is 1.96. The fraction of sp³-hybridized carbons (Fsp3) is 0.643. The summed E-state index contributed by atoms with van der Waals surface area (Å²) in [5, 5.41) is 18.3. The Labute approximate surface area is 124 Å². The summed E-state index contributed by atoms with van der Waals surface area (Å²) >= 11 is 0. The lowest BCUT2D eigenvalue weighted by atomic mass is 10.1. The summed E-state index contributed by atoms with van der Waals surface area (Å²) in [6.07, 6.45) is 3.68. The molecule has 0 radical (unpaired) electrons. The minimum Gasteiger partial charge on any atom is -0.389 e. The van der Waals surface area contributed by atoms with E-state index in [0.717, 1.165) is 43.5 Å². The lowest BCUT2D eigenvalue weighted by Gasteiger charge is -2.37. The van der Waals surface area contributed by atoms with Gasteiger partial charge in [-0.05, 0) is 20.8 Å². The second-order valence-electron chi connectivity index (χ2n) is 6.27. The van der Waals surface area contributed by atoms with Crippen molar-refractivity contribution in [3.63, 3.8) is 0 Å². The molecule has 21 heavy (non-hydrogen) atoms. The van der Waals surface area contributed by atoms with Crippen LogP contribution < -0.4 is 4.90 Å². The van der Waals surface area contributed by atoms with Crippen LogP contribution in [0, 0.1) is 6.92 Å². The van der Waals surface area contributed by atoms with Gasteiger partial charge in [-0.3, -0.25) is 9.30 Å². The fourth-order valence-corrected chi connectivity index (χ4v) is 2.82. The number of aryl methyl sites for hydroxylation is 1. The van der Waals surface area contributed by atoms with E-state index in [1.165, 1.54) is 0 Å². The Morgan fingerprint density at radius 1 is 1.19 bits per heavy atom. The molecule has 0 bridgehead atoms. The number of nitrogens with zero attached hydrogens (tertiary/aromatic N) is 6. The molecule has 7 heteroatoms. The van der Waals surface area contributed by atoms with Gasteiger partial charge in [0.05, 0.1) is 5.60 Å². The average Bonchev–Trinajstić information content (AvgIpc) is 2.80. The van der Waals surface area contributed by atoms with Crippen LogP contribution in [-0.2, 0) is 0 Å². The van der Waals surface area contributed by atoms with Crippen molar-refractivity contribution in [2.24, 2.45) is 0 Å². The van der Waals surface area contributed by atoms with Crippen LogP contribution in [-0.4, -0.2) is 67.9 Å². The smallest absolute Gasteiger partial charge is 0.203 e. The van der Waals surface area contributed by atoms with Crippen LogP contribution in [0.15, 0.2) is 12.4 Å². The molecule has 0 amide bonds. The zero-order valence-corrected chi connectivity index (χ0v) is 12.8. The highest BCUT2D eigenvalue weighted by atomic mass is 16.3. The third-order valence-corrected chi connectivity index (χ3v) is 3.76. The Balaban J connectivity index is 1.74. The van der Waals surface area contributed by atoms with Crippen LogP contribution in [0.25, 0.3) is 5.65 Å². The van der Waals surface area contributed by atoms with Gasteiger partial charge in [0.2, 0.25) is 5.65 Å². The van der Waals surface area contributed by atoms with Crippen LogP contribution in [0.4, 0.5) is 5.82 Å². The maximum Gasteiger partial charge on any atom is 0.203 e. The SMILES string of the molecule is Cc1nnc2c(N3CCN(CC(C)(C)O)CC3)nccn12. The topological polar surface area (TPSA) is 69.8 Å². The van der Waals surface area contributed by atoms with Crippen LogP contribution in [0.3, 0.4) is 0 Å². The molecule has 3 rings (SSSR count). The number of hydrogen-bond acceptors (Lipinski definition) is 6. The van der Waals surface area contributed by atoms with Crippen molar-refractivity contribution in [1.82, 2.24) is 24.5 Å². The first-order chi connectivity index (χ1) is 9.94. The number of aliphatic hydroxyl groups is 1. The van der Waals surface area contributed by atoms with E-state index in [4.69, 9.17) is 0 Å². The molecule has 7 nitrogen and oxygen atoms in total. The predicted molar refractivity (Wildman–Crippen MR) is 80.5 cm³/mol. The van der Waals surface area contributed by atoms with Crippen molar-refractivity contribution in [2.45, 2.75) is 26.4 Å². The fourth-order valence-electron chi connectivity index (χ4n) is 2.82. The Morgan fingerprint density at radius 3 is 2.57 bits per heavy atom. The Bertz CT molecular complexity index is 624. The van der Waals surface area contributed by atoms with E-state index in [1.807, 2.05) is 31.4 Å². The predicted octanol–water partition coefficient (Wildman–Crippen LogP) is 0.326. The van der Waals surface area contributed by atoms with Crippen molar-refractivity contribution in [3.05, 3.63) is 18.2 Å². The van der Waals surface area contributed by atoms with Gasteiger partial charge in [0.25, 0.3) is 0 Å². The van der Waals surface area contributed by atoms with E-state index >= 15 is 0 Å². The first kappa shape index (κ1) is 14.2. The molecule has 1 fully saturated rings. The maximum atomic E-state index is 9.91. The van der Waals surface area contributed by atoms with Gasteiger partial charge in [-0.2, -0.15) is 0 Å². The van der Waals surface area contributed by atoms with E-state index in [2.05, 4.69) is 25.0 Å². The number of aromatic nitrogens is 4. The lowest BCUT2D eigenvalue weighted by molar-refractivity contribution is 0.0345. The molecule has 114 valence electrons. The third-order valence-electron chi connectivity index (χ3n) is 3.76. The molecule has 1 aliphatic rings. The number of rotatable bonds is 3. The molecule has 2 aromatic heterocycles. The van der Waals surface area contributed by atoms with Gasteiger partial charge < -0.3 is 10.0 Å². The summed E-state index contributed by atoms with van der Waals surface area (Å²) in [6.45, 7) is 9.93. The summed E-state index contributed by atoms with van der Waals surface area (Å²) in [6, 6.07) is 0. The first-order valence-corrected chi connectivity index (χ1v) is 7.30. The number of hydrogen-bond donors (Lipinski definition) is 1. The summed E-state index contributed by atoms with van der Waals surface area (Å²) in [5.41, 5.74) is 0.163. The Hall–Kier alpha value is -1.73. The van der Waals surface area contributed by atoms with Crippen molar-refractivity contribution >= 4 is 11.5 Å². The number of fused-ring (bicyclic) bond motifs is 1. The Morgan fingerprint density at radius 2 is 1.90 bits per heavy atom. The minimum absolute atomic E-state index is 0.648. The normalized spacial score (nSPS) is 17.6. The number of β-amino-alcohol motifs (C(OH)–C–C–N with tert-alkyl or cyclic N) is 1. The highest BCUT2D eigenvalue weighted by molar-refractivity contribution is 5.63. The quantitative estimate of drug-likeness (QED) is 0.878. The third kappa shape index (κ3) is 2.98. The van der Waals surface area contributed by atoms with Crippen LogP contribution in [0.2, 0.25) is 0 Å². The average molecular weight is 290 g/mol. The molecular weight excluding hydrogens is 268 g/mol. The molecule has 3 heterocycles.